The fourth-order valence-corrected chi connectivity index (χ4v) is 5.15. The van der Waals surface area contributed by atoms with Crippen LogP contribution in [-0.4, -0.2) is 34.2 Å². The van der Waals surface area contributed by atoms with E-state index < -0.39 is 0 Å². The van der Waals surface area contributed by atoms with E-state index in [9.17, 15) is 9.59 Å². The highest BCUT2D eigenvalue weighted by molar-refractivity contribution is 5.71. The van der Waals surface area contributed by atoms with Gasteiger partial charge in [-0.3, -0.25) is 9.36 Å². The molecule has 2 aromatic heterocycles. The molecule has 7 nitrogen and oxygen atoms in total. The molecule has 29 heavy (non-hydrogen) atoms. The number of hydrogen-bond donors (Lipinski definition) is 2. The molecule has 3 aromatic rings. The number of nitrogens with one attached hydrogen (secondary N) is 2. The molecule has 0 amide bonds. The van der Waals surface area contributed by atoms with Crippen LogP contribution in [0.4, 0.5) is 0 Å². The minimum Gasteiger partial charge on any atom is -0.496 e. The van der Waals surface area contributed by atoms with Gasteiger partial charge in [0.05, 0.1) is 12.6 Å². The molecule has 1 saturated heterocycles. The van der Waals surface area contributed by atoms with Crippen molar-refractivity contribution in [2.45, 2.75) is 37.8 Å². The van der Waals surface area contributed by atoms with Gasteiger partial charge in [-0.25, -0.2) is 9.78 Å². The SMILES string of the molecule is COc1cccc2c1CCC1CNC(CCn3c(=O)[nH]c4cccnc4c3=O)C21. The number of aromatic amines is 1. The lowest BCUT2D eigenvalue weighted by Crippen LogP contribution is -2.38. The Hall–Kier alpha value is -2.93. The topological polar surface area (TPSA) is 89.0 Å². The van der Waals surface area contributed by atoms with Gasteiger partial charge in [-0.15, -0.1) is 0 Å². The average Bonchev–Trinajstić information content (AvgIpc) is 3.16. The normalized spacial score (nSPS) is 23.0. The van der Waals surface area contributed by atoms with Gasteiger partial charge >= 0.3 is 5.69 Å². The molecule has 1 aromatic carbocycles. The third-order valence-corrected chi connectivity index (χ3v) is 6.50. The van der Waals surface area contributed by atoms with Crippen molar-refractivity contribution in [2.24, 2.45) is 5.92 Å². The van der Waals surface area contributed by atoms with Gasteiger partial charge in [0.25, 0.3) is 5.56 Å². The van der Waals surface area contributed by atoms with Gasteiger partial charge in [0.1, 0.15) is 5.75 Å². The predicted molar refractivity (Wildman–Crippen MR) is 111 cm³/mol. The maximum Gasteiger partial charge on any atom is 0.328 e. The minimum absolute atomic E-state index is 0.219. The van der Waals surface area contributed by atoms with Gasteiger partial charge in [-0.05, 0) is 61.1 Å². The third kappa shape index (κ3) is 2.97. The molecule has 3 unspecified atom stereocenters. The number of ether oxygens (including phenoxy) is 1. The molecule has 0 bridgehead atoms. The zero-order valence-electron chi connectivity index (χ0n) is 16.4. The number of hydrogen-bond acceptors (Lipinski definition) is 5. The van der Waals surface area contributed by atoms with Crippen LogP contribution in [0.15, 0.2) is 46.1 Å². The second-order valence-corrected chi connectivity index (χ2v) is 7.94. The van der Waals surface area contributed by atoms with E-state index in [4.69, 9.17) is 4.74 Å². The molecule has 2 aliphatic rings. The van der Waals surface area contributed by atoms with E-state index in [0.717, 1.165) is 25.1 Å². The summed E-state index contributed by atoms with van der Waals surface area (Å²) in [7, 11) is 1.72. The first-order chi connectivity index (χ1) is 14.2. The van der Waals surface area contributed by atoms with Crippen molar-refractivity contribution in [1.82, 2.24) is 19.9 Å². The fourth-order valence-electron chi connectivity index (χ4n) is 5.15. The second kappa shape index (κ2) is 7.15. The highest BCUT2D eigenvalue weighted by atomic mass is 16.5. The zero-order chi connectivity index (χ0) is 20.0. The minimum atomic E-state index is -0.379. The van der Waals surface area contributed by atoms with Gasteiger partial charge < -0.3 is 15.0 Å². The van der Waals surface area contributed by atoms with Gasteiger partial charge in [0, 0.05) is 24.7 Å². The largest absolute Gasteiger partial charge is 0.496 e. The van der Waals surface area contributed by atoms with E-state index in [2.05, 4.69) is 27.4 Å². The first-order valence-electron chi connectivity index (χ1n) is 10.1. The quantitative estimate of drug-likeness (QED) is 0.707. The average molecular weight is 392 g/mol. The highest BCUT2D eigenvalue weighted by Gasteiger charge is 2.40. The number of fused-ring (bicyclic) bond motifs is 4. The van der Waals surface area contributed by atoms with Crippen LogP contribution in [0, 0.1) is 5.92 Å². The van der Waals surface area contributed by atoms with Crippen molar-refractivity contribution in [3.8, 4) is 5.75 Å². The van der Waals surface area contributed by atoms with Crippen LogP contribution >= 0.6 is 0 Å². The summed E-state index contributed by atoms with van der Waals surface area (Å²) in [6.07, 6.45) is 4.44. The van der Waals surface area contributed by atoms with Crippen molar-refractivity contribution in [3.63, 3.8) is 0 Å². The van der Waals surface area contributed by atoms with E-state index in [0.29, 0.717) is 35.8 Å². The number of pyridine rings is 1. The van der Waals surface area contributed by atoms with E-state index in [-0.39, 0.29) is 17.3 Å². The van der Waals surface area contributed by atoms with Crippen LogP contribution in [-0.2, 0) is 13.0 Å². The van der Waals surface area contributed by atoms with E-state index in [1.807, 2.05) is 6.07 Å². The molecule has 0 saturated carbocycles. The monoisotopic (exact) mass is 392 g/mol. The number of benzene rings is 1. The Labute approximate surface area is 167 Å². The van der Waals surface area contributed by atoms with Gasteiger partial charge in [-0.2, -0.15) is 0 Å². The molecule has 1 aliphatic heterocycles. The van der Waals surface area contributed by atoms with Gasteiger partial charge in [0.2, 0.25) is 0 Å². The maximum atomic E-state index is 12.8. The van der Waals surface area contributed by atoms with Crippen molar-refractivity contribution in [3.05, 3.63) is 68.5 Å². The Morgan fingerprint density at radius 1 is 1.24 bits per heavy atom. The zero-order valence-corrected chi connectivity index (χ0v) is 16.4. The maximum absolute atomic E-state index is 12.8. The summed E-state index contributed by atoms with van der Waals surface area (Å²) in [6, 6.07) is 9.91. The van der Waals surface area contributed by atoms with Crippen LogP contribution in [0.5, 0.6) is 5.75 Å². The summed E-state index contributed by atoms with van der Waals surface area (Å²) in [4.78, 5) is 32.1. The summed E-state index contributed by atoms with van der Waals surface area (Å²) in [5, 5.41) is 3.64. The number of H-pyrrole nitrogens is 1. The number of aromatic nitrogens is 3. The van der Waals surface area contributed by atoms with Gasteiger partial charge in [0.15, 0.2) is 5.52 Å². The molecule has 5 rings (SSSR count). The molecular weight excluding hydrogens is 368 g/mol. The lowest BCUT2D eigenvalue weighted by atomic mass is 9.73. The molecule has 1 fully saturated rings. The molecule has 7 heteroatoms. The second-order valence-electron chi connectivity index (χ2n) is 7.94. The van der Waals surface area contributed by atoms with Crippen LogP contribution in [0.1, 0.15) is 29.9 Å². The Balaban J connectivity index is 1.44. The summed E-state index contributed by atoms with van der Waals surface area (Å²) in [5.74, 6) is 1.91. The Kier molecular flexibility index (Phi) is 4.47. The summed E-state index contributed by atoms with van der Waals surface area (Å²) in [5.41, 5.74) is 2.72. The van der Waals surface area contributed by atoms with Crippen molar-refractivity contribution in [2.75, 3.05) is 13.7 Å². The number of rotatable bonds is 4. The van der Waals surface area contributed by atoms with Crippen molar-refractivity contribution in [1.29, 1.82) is 0 Å². The molecule has 3 atom stereocenters. The van der Waals surface area contributed by atoms with Crippen LogP contribution < -0.4 is 21.3 Å². The van der Waals surface area contributed by atoms with Crippen LogP contribution in [0.25, 0.3) is 11.0 Å². The van der Waals surface area contributed by atoms with Crippen molar-refractivity contribution < 1.29 is 4.74 Å². The summed E-state index contributed by atoms with van der Waals surface area (Å²) >= 11 is 0. The highest BCUT2D eigenvalue weighted by Crippen LogP contribution is 2.45. The molecule has 2 N–H and O–H groups in total. The Morgan fingerprint density at radius 2 is 2.14 bits per heavy atom. The van der Waals surface area contributed by atoms with Crippen molar-refractivity contribution >= 4 is 11.0 Å². The summed E-state index contributed by atoms with van der Waals surface area (Å²) < 4.78 is 6.86. The standard InChI is InChI=1S/C22H24N4O3/c1-29-18-6-2-4-15-14(18)8-7-13-12-24-16(19(13)15)9-11-26-21(27)20-17(25-22(26)28)5-3-10-23-20/h2-6,10,13,16,19,24H,7-9,11-12H2,1H3,(H,25,28). The van der Waals surface area contributed by atoms with E-state index >= 15 is 0 Å². The third-order valence-electron chi connectivity index (χ3n) is 6.50. The summed E-state index contributed by atoms with van der Waals surface area (Å²) in [6.45, 7) is 1.33. The lowest BCUT2D eigenvalue weighted by molar-refractivity contribution is 0.371. The first-order valence-corrected chi connectivity index (χ1v) is 10.1. The van der Waals surface area contributed by atoms with Crippen LogP contribution in [0.2, 0.25) is 0 Å². The van der Waals surface area contributed by atoms with Gasteiger partial charge in [-0.1, -0.05) is 12.1 Å². The van der Waals surface area contributed by atoms with E-state index in [1.54, 1.807) is 25.4 Å². The molecule has 0 spiro atoms. The molecule has 0 radical (unpaired) electrons. The fraction of sp³-hybridized carbons (Fsp3) is 0.409. The van der Waals surface area contributed by atoms with Crippen LogP contribution in [0.3, 0.4) is 0 Å². The number of methoxy groups -OCH3 is 1. The lowest BCUT2D eigenvalue weighted by Gasteiger charge is -2.32. The Bertz CT molecular complexity index is 1180. The Morgan fingerprint density at radius 3 is 3.00 bits per heavy atom. The molecule has 150 valence electrons. The molecular formula is C22H24N4O3. The number of nitrogens with zero attached hydrogens (tertiary/aromatic N) is 2. The smallest absolute Gasteiger partial charge is 0.328 e. The first kappa shape index (κ1) is 18.1. The molecule has 3 heterocycles. The molecule has 1 aliphatic carbocycles. The predicted octanol–water partition coefficient (Wildman–Crippen LogP) is 1.80. The van der Waals surface area contributed by atoms with E-state index in [1.165, 1.54) is 15.7 Å².